The van der Waals surface area contributed by atoms with E-state index in [1.807, 2.05) is 35.2 Å². The summed E-state index contributed by atoms with van der Waals surface area (Å²) >= 11 is 1.45. The number of piperazine rings is 1. The highest BCUT2D eigenvalue weighted by Gasteiger charge is 2.43. The lowest BCUT2D eigenvalue weighted by molar-refractivity contribution is -0.185. The van der Waals surface area contributed by atoms with Gasteiger partial charge in [-0.3, -0.25) is 9.59 Å². The Morgan fingerprint density at radius 2 is 1.55 bits per heavy atom. The minimum Gasteiger partial charge on any atom is -0.368 e. The molecule has 0 radical (unpaired) electrons. The van der Waals surface area contributed by atoms with Crippen molar-refractivity contribution in [2.24, 2.45) is 0 Å². The quantitative estimate of drug-likeness (QED) is 0.747. The van der Waals surface area contributed by atoms with Crippen molar-refractivity contribution in [2.45, 2.75) is 11.1 Å². The number of nitrogens with zero attached hydrogens (tertiary/aromatic N) is 2. The molecule has 29 heavy (non-hydrogen) atoms. The first kappa shape index (κ1) is 21.0. The summed E-state index contributed by atoms with van der Waals surface area (Å²) in [6, 6.07) is 16.8. The SMILES string of the molecule is O=C(CSc1ccccc1)Nc1ccc(N2CCN(C(=O)C(F)(F)F)CC2)cc1. The second-order valence-corrected chi connectivity index (χ2v) is 7.52. The van der Waals surface area contributed by atoms with Gasteiger partial charge in [0.15, 0.2) is 0 Å². The van der Waals surface area contributed by atoms with E-state index in [-0.39, 0.29) is 19.0 Å². The molecular formula is C20H20F3N3O2S. The third-order valence-corrected chi connectivity index (χ3v) is 5.45. The number of hydrogen-bond donors (Lipinski definition) is 1. The van der Waals surface area contributed by atoms with Crippen LogP contribution in [-0.4, -0.2) is 54.8 Å². The van der Waals surface area contributed by atoms with Crippen molar-refractivity contribution in [1.29, 1.82) is 0 Å². The first-order valence-electron chi connectivity index (χ1n) is 9.02. The van der Waals surface area contributed by atoms with Crippen LogP contribution in [0.2, 0.25) is 0 Å². The van der Waals surface area contributed by atoms with Gasteiger partial charge in [-0.1, -0.05) is 18.2 Å². The third-order valence-electron chi connectivity index (χ3n) is 4.44. The van der Waals surface area contributed by atoms with Gasteiger partial charge in [-0.2, -0.15) is 13.2 Å². The fraction of sp³-hybridized carbons (Fsp3) is 0.300. The summed E-state index contributed by atoms with van der Waals surface area (Å²) in [5.74, 6) is -1.62. The van der Waals surface area contributed by atoms with Crippen molar-refractivity contribution in [2.75, 3.05) is 42.1 Å². The Hall–Kier alpha value is -2.68. The molecular weight excluding hydrogens is 403 g/mol. The molecule has 0 saturated carbocycles. The van der Waals surface area contributed by atoms with Crippen LogP contribution in [0.3, 0.4) is 0 Å². The molecule has 0 atom stereocenters. The van der Waals surface area contributed by atoms with Crippen molar-refractivity contribution >= 4 is 35.0 Å². The Kier molecular flexibility index (Phi) is 6.68. The van der Waals surface area contributed by atoms with Crippen LogP contribution >= 0.6 is 11.8 Å². The Morgan fingerprint density at radius 1 is 0.931 bits per heavy atom. The Balaban J connectivity index is 1.48. The van der Waals surface area contributed by atoms with Gasteiger partial charge < -0.3 is 15.1 Å². The van der Waals surface area contributed by atoms with E-state index in [0.717, 1.165) is 15.5 Å². The average molecular weight is 423 g/mol. The molecule has 1 fully saturated rings. The molecule has 0 aliphatic carbocycles. The van der Waals surface area contributed by atoms with Crippen LogP contribution in [-0.2, 0) is 9.59 Å². The topological polar surface area (TPSA) is 52.7 Å². The number of alkyl halides is 3. The normalized spacial score (nSPS) is 14.6. The van der Waals surface area contributed by atoms with E-state index in [9.17, 15) is 22.8 Å². The zero-order chi connectivity index (χ0) is 20.9. The van der Waals surface area contributed by atoms with Crippen LogP contribution in [0.4, 0.5) is 24.5 Å². The molecule has 3 rings (SSSR count). The van der Waals surface area contributed by atoms with Gasteiger partial charge in [0.25, 0.3) is 0 Å². The molecule has 5 nitrogen and oxygen atoms in total. The Labute approximate surface area is 170 Å². The highest BCUT2D eigenvalue weighted by atomic mass is 32.2. The van der Waals surface area contributed by atoms with E-state index in [4.69, 9.17) is 0 Å². The highest BCUT2D eigenvalue weighted by molar-refractivity contribution is 8.00. The molecule has 1 aliphatic rings. The lowest BCUT2D eigenvalue weighted by Gasteiger charge is -2.36. The summed E-state index contributed by atoms with van der Waals surface area (Å²) in [6.45, 7) is 0.684. The van der Waals surface area contributed by atoms with Crippen molar-refractivity contribution in [1.82, 2.24) is 4.90 Å². The monoisotopic (exact) mass is 423 g/mol. The molecule has 2 amide bonds. The molecule has 0 aromatic heterocycles. The van der Waals surface area contributed by atoms with Crippen LogP contribution in [0.5, 0.6) is 0 Å². The Morgan fingerprint density at radius 3 is 2.14 bits per heavy atom. The summed E-state index contributed by atoms with van der Waals surface area (Å²) in [5, 5.41) is 2.82. The van der Waals surface area contributed by atoms with Gasteiger partial charge in [-0.05, 0) is 36.4 Å². The number of amides is 2. The summed E-state index contributed by atoms with van der Waals surface area (Å²) in [6.07, 6.45) is -4.83. The number of rotatable bonds is 5. The van der Waals surface area contributed by atoms with E-state index >= 15 is 0 Å². The number of anilines is 2. The molecule has 2 aromatic rings. The fourth-order valence-corrected chi connectivity index (χ4v) is 3.68. The van der Waals surface area contributed by atoms with E-state index in [2.05, 4.69) is 5.32 Å². The molecule has 2 aromatic carbocycles. The minimum atomic E-state index is -4.83. The molecule has 1 aliphatic heterocycles. The number of halogens is 3. The van der Waals surface area contributed by atoms with Crippen LogP contribution in [0.1, 0.15) is 0 Å². The summed E-state index contributed by atoms with van der Waals surface area (Å²) < 4.78 is 37.5. The van der Waals surface area contributed by atoms with Crippen LogP contribution < -0.4 is 10.2 Å². The third kappa shape index (κ3) is 5.90. The second-order valence-electron chi connectivity index (χ2n) is 6.47. The van der Waals surface area contributed by atoms with E-state index in [1.54, 1.807) is 24.3 Å². The summed E-state index contributed by atoms with van der Waals surface area (Å²) in [4.78, 5) is 27.1. The zero-order valence-electron chi connectivity index (χ0n) is 15.5. The first-order chi connectivity index (χ1) is 13.8. The average Bonchev–Trinajstić information content (AvgIpc) is 2.72. The van der Waals surface area contributed by atoms with Gasteiger partial charge in [0, 0.05) is 42.4 Å². The van der Waals surface area contributed by atoms with Gasteiger partial charge in [-0.15, -0.1) is 11.8 Å². The molecule has 0 unspecified atom stereocenters. The van der Waals surface area contributed by atoms with Crippen molar-refractivity contribution < 1.29 is 22.8 Å². The summed E-state index contributed by atoms with van der Waals surface area (Å²) in [5.41, 5.74) is 1.49. The second kappa shape index (κ2) is 9.21. The van der Waals surface area contributed by atoms with Crippen molar-refractivity contribution in [3.05, 3.63) is 54.6 Å². The predicted molar refractivity (Wildman–Crippen MR) is 107 cm³/mol. The maximum atomic E-state index is 12.5. The Bertz CT molecular complexity index is 836. The van der Waals surface area contributed by atoms with Crippen molar-refractivity contribution in [3.8, 4) is 0 Å². The van der Waals surface area contributed by atoms with Gasteiger partial charge >= 0.3 is 12.1 Å². The zero-order valence-corrected chi connectivity index (χ0v) is 16.3. The van der Waals surface area contributed by atoms with Crippen LogP contribution in [0, 0.1) is 0 Å². The van der Waals surface area contributed by atoms with E-state index in [0.29, 0.717) is 24.5 Å². The smallest absolute Gasteiger partial charge is 0.368 e. The van der Waals surface area contributed by atoms with Crippen LogP contribution in [0.25, 0.3) is 0 Å². The molecule has 0 spiro atoms. The highest BCUT2D eigenvalue weighted by Crippen LogP contribution is 2.23. The van der Waals surface area contributed by atoms with Gasteiger partial charge in [0.1, 0.15) is 0 Å². The molecule has 1 N–H and O–H groups in total. The number of benzene rings is 2. The first-order valence-corrected chi connectivity index (χ1v) is 10.0. The maximum absolute atomic E-state index is 12.5. The molecule has 9 heteroatoms. The number of nitrogens with one attached hydrogen (secondary N) is 1. The van der Waals surface area contributed by atoms with Gasteiger partial charge in [0.05, 0.1) is 5.75 Å². The van der Waals surface area contributed by atoms with Gasteiger partial charge in [0.2, 0.25) is 5.91 Å². The molecule has 154 valence electrons. The molecule has 1 saturated heterocycles. The summed E-state index contributed by atoms with van der Waals surface area (Å²) in [7, 11) is 0. The number of carbonyl (C=O) groups is 2. The lowest BCUT2D eigenvalue weighted by atomic mass is 10.2. The predicted octanol–water partition coefficient (Wildman–Crippen LogP) is 3.63. The van der Waals surface area contributed by atoms with Crippen LogP contribution in [0.15, 0.2) is 59.5 Å². The number of carbonyl (C=O) groups excluding carboxylic acids is 2. The minimum absolute atomic E-state index is 0.0214. The fourth-order valence-electron chi connectivity index (χ4n) is 2.97. The maximum Gasteiger partial charge on any atom is 0.471 e. The van der Waals surface area contributed by atoms with E-state index < -0.39 is 12.1 Å². The molecule has 0 bridgehead atoms. The van der Waals surface area contributed by atoms with E-state index in [1.165, 1.54) is 11.8 Å². The number of hydrogen-bond acceptors (Lipinski definition) is 4. The lowest BCUT2D eigenvalue weighted by Crippen LogP contribution is -2.52. The van der Waals surface area contributed by atoms with Crippen molar-refractivity contribution in [3.63, 3.8) is 0 Å². The standard InChI is InChI=1S/C20H20F3N3O2S/c21-20(22,23)19(28)26-12-10-25(11-13-26)16-8-6-15(7-9-16)24-18(27)14-29-17-4-2-1-3-5-17/h1-9H,10-14H2,(H,24,27). The number of thioether (sulfide) groups is 1. The largest absolute Gasteiger partial charge is 0.471 e. The molecule has 1 heterocycles. The van der Waals surface area contributed by atoms with Gasteiger partial charge in [-0.25, -0.2) is 0 Å².